The van der Waals surface area contributed by atoms with E-state index in [2.05, 4.69) is 38.3 Å². The van der Waals surface area contributed by atoms with Gasteiger partial charge in [-0.2, -0.15) is 4.31 Å². The highest BCUT2D eigenvalue weighted by Gasteiger charge is 2.42. The van der Waals surface area contributed by atoms with Gasteiger partial charge in [0.25, 0.3) is 0 Å². The third-order valence-electron chi connectivity index (χ3n) is 5.46. The Balaban J connectivity index is 1.75. The molecule has 0 aliphatic carbocycles. The molecule has 0 unspecified atom stereocenters. The maximum atomic E-state index is 13.1. The van der Waals surface area contributed by atoms with Crippen LogP contribution in [-0.4, -0.2) is 48.3 Å². The van der Waals surface area contributed by atoms with Gasteiger partial charge in [0.15, 0.2) is 0 Å². The van der Waals surface area contributed by atoms with Crippen LogP contribution < -0.4 is 10.6 Å². The summed E-state index contributed by atoms with van der Waals surface area (Å²) in [4.78, 5) is 13.2. The number of piperidine rings is 1. The Morgan fingerprint density at radius 2 is 1.71 bits per heavy atom. The van der Waals surface area contributed by atoms with Crippen molar-refractivity contribution >= 4 is 27.5 Å². The monoisotopic (exact) mass is 427 g/mol. The van der Waals surface area contributed by atoms with Crippen LogP contribution in [0.1, 0.15) is 53.4 Å². The van der Waals surface area contributed by atoms with Gasteiger partial charge in [0.05, 0.1) is 4.90 Å². The number of halogens is 1. The maximum absolute atomic E-state index is 13.1. The molecule has 1 aromatic carbocycles. The van der Waals surface area contributed by atoms with Crippen LogP contribution in [0.25, 0.3) is 0 Å². The van der Waals surface area contributed by atoms with Gasteiger partial charge in [-0.05, 0) is 77.6 Å². The molecule has 2 fully saturated rings. The zero-order valence-corrected chi connectivity index (χ0v) is 18.5. The van der Waals surface area contributed by atoms with Crippen LogP contribution in [0.4, 0.5) is 0 Å². The topological polar surface area (TPSA) is 78.5 Å². The summed E-state index contributed by atoms with van der Waals surface area (Å²) in [6.07, 6.45) is 2.82. The number of hydrogen-bond donors (Lipinski definition) is 2. The maximum Gasteiger partial charge on any atom is 0.243 e. The van der Waals surface area contributed by atoms with Crippen LogP contribution >= 0.6 is 11.6 Å². The van der Waals surface area contributed by atoms with E-state index >= 15 is 0 Å². The molecule has 28 heavy (non-hydrogen) atoms. The van der Waals surface area contributed by atoms with Crippen molar-refractivity contribution in [2.75, 3.05) is 6.54 Å². The zero-order chi connectivity index (χ0) is 20.7. The lowest BCUT2D eigenvalue weighted by Gasteiger charge is -2.46. The molecule has 0 saturated carbocycles. The van der Waals surface area contributed by atoms with Crippen molar-refractivity contribution in [1.82, 2.24) is 14.9 Å². The first-order valence-electron chi connectivity index (χ1n) is 9.77. The van der Waals surface area contributed by atoms with E-state index in [0.29, 0.717) is 24.4 Å². The van der Waals surface area contributed by atoms with E-state index in [1.165, 1.54) is 16.4 Å². The second kappa shape index (κ2) is 7.59. The van der Waals surface area contributed by atoms with Crippen molar-refractivity contribution in [2.45, 2.75) is 81.4 Å². The van der Waals surface area contributed by atoms with Crippen LogP contribution in [0.15, 0.2) is 29.2 Å². The lowest BCUT2D eigenvalue weighted by Crippen LogP contribution is -2.63. The molecule has 2 aliphatic heterocycles. The largest absolute Gasteiger partial charge is 0.352 e. The summed E-state index contributed by atoms with van der Waals surface area (Å²) >= 11 is 5.88. The van der Waals surface area contributed by atoms with Gasteiger partial charge in [0, 0.05) is 28.7 Å². The number of carbonyl (C=O) groups is 1. The summed E-state index contributed by atoms with van der Waals surface area (Å²) in [5.41, 5.74) is -0.186. The van der Waals surface area contributed by atoms with Crippen molar-refractivity contribution in [3.05, 3.63) is 29.3 Å². The lowest BCUT2D eigenvalue weighted by atomic mass is 9.79. The first kappa shape index (κ1) is 21.6. The summed E-state index contributed by atoms with van der Waals surface area (Å²) in [5, 5.41) is 7.20. The van der Waals surface area contributed by atoms with Gasteiger partial charge in [0.1, 0.15) is 6.04 Å². The molecular weight excluding hydrogens is 398 g/mol. The quantitative estimate of drug-likeness (QED) is 0.774. The minimum atomic E-state index is -3.73. The minimum Gasteiger partial charge on any atom is -0.352 e. The number of nitrogens with zero attached hydrogens (tertiary/aromatic N) is 1. The molecule has 2 aliphatic rings. The molecule has 0 aromatic heterocycles. The molecule has 2 N–H and O–H groups in total. The Kier molecular flexibility index (Phi) is 5.85. The molecule has 1 amide bonds. The van der Waals surface area contributed by atoms with Gasteiger partial charge in [0.2, 0.25) is 15.9 Å². The molecule has 2 heterocycles. The molecule has 2 saturated heterocycles. The number of benzene rings is 1. The van der Waals surface area contributed by atoms with Crippen LogP contribution in [0.3, 0.4) is 0 Å². The fourth-order valence-corrected chi connectivity index (χ4v) is 6.54. The minimum absolute atomic E-state index is 0.0134. The molecule has 6 nitrogen and oxygen atoms in total. The van der Waals surface area contributed by atoms with Gasteiger partial charge in [-0.3, -0.25) is 4.79 Å². The Labute approximate surface area is 173 Å². The van der Waals surface area contributed by atoms with E-state index in [4.69, 9.17) is 11.6 Å². The SMILES string of the molecule is CC1(C)CC(NC(=O)[C@@H]2CCCN2S(=O)(=O)c2ccc(Cl)cc2)CC(C)(C)N1. The van der Waals surface area contributed by atoms with Crippen LogP contribution in [0, 0.1) is 0 Å². The summed E-state index contributed by atoms with van der Waals surface area (Å²) in [6, 6.07) is 5.43. The van der Waals surface area contributed by atoms with Crippen LogP contribution in [-0.2, 0) is 14.8 Å². The van der Waals surface area contributed by atoms with Crippen LogP contribution in [0.5, 0.6) is 0 Å². The van der Waals surface area contributed by atoms with Crippen molar-refractivity contribution in [3.63, 3.8) is 0 Å². The fraction of sp³-hybridized carbons (Fsp3) is 0.650. The Bertz CT molecular complexity index is 821. The van der Waals surface area contributed by atoms with E-state index in [1.807, 2.05) is 0 Å². The molecule has 1 aromatic rings. The van der Waals surface area contributed by atoms with Gasteiger partial charge < -0.3 is 10.6 Å². The number of nitrogens with one attached hydrogen (secondary N) is 2. The van der Waals surface area contributed by atoms with E-state index in [9.17, 15) is 13.2 Å². The standard InChI is InChI=1S/C20H30ClN3O3S/c1-19(2)12-15(13-20(3,4)23-19)22-18(25)17-6-5-11-24(17)28(26,27)16-9-7-14(21)8-10-16/h7-10,15,17,23H,5-6,11-13H2,1-4H3,(H,22,25)/t17-/m0/s1. The second-order valence-electron chi connectivity index (χ2n) is 9.23. The summed E-state index contributed by atoms with van der Waals surface area (Å²) in [6.45, 7) is 8.85. The fourth-order valence-electron chi connectivity index (χ4n) is 4.75. The number of carbonyl (C=O) groups excluding carboxylic acids is 1. The van der Waals surface area contributed by atoms with E-state index in [0.717, 1.165) is 12.8 Å². The van der Waals surface area contributed by atoms with Crippen molar-refractivity contribution < 1.29 is 13.2 Å². The van der Waals surface area contributed by atoms with Crippen molar-refractivity contribution in [3.8, 4) is 0 Å². The predicted molar refractivity (Wildman–Crippen MR) is 111 cm³/mol. The molecule has 1 atom stereocenters. The number of amides is 1. The smallest absolute Gasteiger partial charge is 0.243 e. The Hall–Kier alpha value is -1.15. The molecule has 8 heteroatoms. The van der Waals surface area contributed by atoms with Gasteiger partial charge in [-0.25, -0.2) is 8.42 Å². The third kappa shape index (κ3) is 4.70. The van der Waals surface area contributed by atoms with E-state index < -0.39 is 16.1 Å². The van der Waals surface area contributed by atoms with Crippen molar-refractivity contribution in [2.24, 2.45) is 0 Å². The van der Waals surface area contributed by atoms with Gasteiger partial charge in [-0.15, -0.1) is 0 Å². The normalized spacial score (nSPS) is 25.5. The lowest BCUT2D eigenvalue weighted by molar-refractivity contribution is -0.125. The summed E-state index contributed by atoms with van der Waals surface area (Å²) in [5.74, 6) is -0.200. The van der Waals surface area contributed by atoms with Gasteiger partial charge >= 0.3 is 0 Å². The van der Waals surface area contributed by atoms with E-state index in [1.54, 1.807) is 12.1 Å². The molecule has 156 valence electrons. The van der Waals surface area contributed by atoms with Gasteiger partial charge in [-0.1, -0.05) is 11.6 Å². The van der Waals surface area contributed by atoms with E-state index in [-0.39, 0.29) is 27.9 Å². The van der Waals surface area contributed by atoms with Crippen molar-refractivity contribution in [1.29, 1.82) is 0 Å². The zero-order valence-electron chi connectivity index (χ0n) is 17.0. The predicted octanol–water partition coefficient (Wildman–Crippen LogP) is 2.92. The first-order valence-corrected chi connectivity index (χ1v) is 11.6. The second-order valence-corrected chi connectivity index (χ2v) is 11.6. The highest BCUT2D eigenvalue weighted by atomic mass is 35.5. The molecule has 0 bridgehead atoms. The molecular formula is C20H30ClN3O3S. The average Bonchev–Trinajstić information content (AvgIpc) is 3.02. The Morgan fingerprint density at radius 1 is 1.14 bits per heavy atom. The summed E-state index contributed by atoms with van der Waals surface area (Å²) in [7, 11) is -3.73. The average molecular weight is 428 g/mol. The molecule has 3 rings (SSSR count). The first-order chi connectivity index (χ1) is 12.9. The number of rotatable bonds is 4. The highest BCUT2D eigenvalue weighted by Crippen LogP contribution is 2.30. The molecule has 0 spiro atoms. The highest BCUT2D eigenvalue weighted by molar-refractivity contribution is 7.89. The number of hydrogen-bond acceptors (Lipinski definition) is 4. The summed E-state index contributed by atoms with van der Waals surface area (Å²) < 4.78 is 27.4. The number of sulfonamides is 1. The van der Waals surface area contributed by atoms with Crippen LogP contribution in [0.2, 0.25) is 5.02 Å². The molecule has 0 radical (unpaired) electrons. The Morgan fingerprint density at radius 3 is 2.29 bits per heavy atom. The third-order valence-corrected chi connectivity index (χ3v) is 7.64.